The Morgan fingerprint density at radius 1 is 1.25 bits per heavy atom. The van der Waals surface area contributed by atoms with Crippen LogP contribution in [-0.4, -0.2) is 50.0 Å². The van der Waals surface area contributed by atoms with E-state index in [-0.39, 0.29) is 11.9 Å². The molecule has 0 heterocycles. The number of nitrogens with two attached hydrogens (primary N) is 3. The summed E-state index contributed by atoms with van der Waals surface area (Å²) in [6.07, 6.45) is 1.90. The van der Waals surface area contributed by atoms with Gasteiger partial charge in [0, 0.05) is 13.1 Å². The molecule has 0 radical (unpaired) electrons. The van der Waals surface area contributed by atoms with Crippen molar-refractivity contribution in [3.8, 4) is 0 Å². The van der Waals surface area contributed by atoms with E-state index in [0.29, 0.717) is 6.54 Å². The van der Waals surface area contributed by atoms with Gasteiger partial charge in [-0.3, -0.25) is 10.4 Å². The van der Waals surface area contributed by atoms with Gasteiger partial charge in [0.05, 0.1) is 0 Å². The van der Waals surface area contributed by atoms with Gasteiger partial charge in [-0.25, -0.2) is 0 Å². The first-order valence-corrected chi connectivity index (χ1v) is 5.34. The molecule has 0 saturated heterocycles. The zero-order chi connectivity index (χ0) is 12.4. The van der Waals surface area contributed by atoms with Gasteiger partial charge in [0.25, 0.3) is 0 Å². The summed E-state index contributed by atoms with van der Waals surface area (Å²) in [6.45, 7) is 3.31. The van der Waals surface area contributed by atoms with E-state index in [4.69, 9.17) is 22.6 Å². The molecule has 0 aromatic heterocycles. The number of rotatable bonds is 8. The minimum Gasteiger partial charge on any atom is -0.370 e. The maximum atomic E-state index is 6.97. The average Bonchev–Trinajstić information content (AvgIpc) is 2.19. The number of aliphatic imine (C=N–C) groups is 1. The van der Waals surface area contributed by atoms with Gasteiger partial charge in [-0.1, -0.05) is 0 Å². The molecule has 0 aliphatic heterocycles. The van der Waals surface area contributed by atoms with E-state index in [9.17, 15) is 0 Å². The van der Waals surface area contributed by atoms with Crippen LogP contribution in [0, 0.1) is 5.41 Å². The third kappa shape index (κ3) is 10.6. The minimum atomic E-state index is 0.0235. The van der Waals surface area contributed by atoms with E-state index in [1.54, 1.807) is 0 Å². The van der Waals surface area contributed by atoms with Gasteiger partial charge in [0.15, 0.2) is 11.9 Å². The Labute approximate surface area is 96.6 Å². The highest BCUT2D eigenvalue weighted by Gasteiger charge is 1.97. The van der Waals surface area contributed by atoms with E-state index < -0.39 is 0 Å². The average molecular weight is 229 g/mol. The van der Waals surface area contributed by atoms with Crippen molar-refractivity contribution >= 4 is 11.9 Å². The first-order chi connectivity index (χ1) is 7.52. The summed E-state index contributed by atoms with van der Waals surface area (Å²) in [7, 11) is 2.04. The zero-order valence-corrected chi connectivity index (χ0v) is 9.87. The van der Waals surface area contributed by atoms with Crippen LogP contribution in [0.2, 0.25) is 0 Å². The number of guanidine groups is 2. The van der Waals surface area contributed by atoms with Crippen molar-refractivity contribution in [1.29, 1.82) is 5.41 Å². The van der Waals surface area contributed by atoms with Crippen LogP contribution < -0.4 is 22.5 Å². The molecule has 0 atom stereocenters. The summed E-state index contributed by atoms with van der Waals surface area (Å²) in [5, 5.41) is 9.73. The lowest BCUT2D eigenvalue weighted by Gasteiger charge is -2.15. The lowest BCUT2D eigenvalue weighted by molar-refractivity contribution is 0.327. The van der Waals surface area contributed by atoms with Gasteiger partial charge in [-0.15, -0.1) is 0 Å². The predicted octanol–water partition coefficient (Wildman–Crippen LogP) is -1.55. The molecule has 0 amide bonds. The summed E-state index contributed by atoms with van der Waals surface area (Å²) in [5.41, 5.74) is 15.6. The van der Waals surface area contributed by atoms with Gasteiger partial charge < -0.3 is 27.4 Å². The van der Waals surface area contributed by atoms with Crippen LogP contribution in [0.4, 0.5) is 0 Å². The Hall–Kier alpha value is -1.50. The molecule has 0 aromatic carbocycles. The molecule has 7 heteroatoms. The van der Waals surface area contributed by atoms with E-state index in [0.717, 1.165) is 32.5 Å². The summed E-state index contributed by atoms with van der Waals surface area (Å²) >= 11 is 0. The van der Waals surface area contributed by atoms with Crippen molar-refractivity contribution in [3.63, 3.8) is 0 Å². The Bertz CT molecular complexity index is 222. The Kier molecular flexibility index (Phi) is 7.96. The summed E-state index contributed by atoms with van der Waals surface area (Å²) in [4.78, 5) is 6.10. The van der Waals surface area contributed by atoms with Gasteiger partial charge in [-0.2, -0.15) is 0 Å². The van der Waals surface area contributed by atoms with Gasteiger partial charge in [0.1, 0.15) is 0 Å². The number of nitrogens with one attached hydrogen (secondary N) is 2. The molecule has 0 rings (SSSR count). The molecule has 0 spiro atoms. The molecule has 0 saturated carbocycles. The molecular formula is C9H23N7. The Morgan fingerprint density at radius 3 is 2.44 bits per heavy atom. The first kappa shape index (κ1) is 14.5. The lowest BCUT2D eigenvalue weighted by Crippen LogP contribution is -2.33. The van der Waals surface area contributed by atoms with Gasteiger partial charge in [-0.05, 0) is 33.0 Å². The van der Waals surface area contributed by atoms with Crippen LogP contribution in [0.15, 0.2) is 4.99 Å². The minimum absolute atomic E-state index is 0.0235. The topological polar surface area (TPSA) is 130 Å². The molecule has 0 aliphatic carbocycles. The molecule has 0 unspecified atom stereocenters. The molecular weight excluding hydrogens is 206 g/mol. The van der Waals surface area contributed by atoms with Crippen LogP contribution in [0.5, 0.6) is 0 Å². The molecule has 0 aromatic rings. The summed E-state index contributed by atoms with van der Waals surface area (Å²) in [5.74, 6) is 0.170. The first-order valence-electron chi connectivity index (χ1n) is 5.34. The smallest absolute Gasteiger partial charge is 0.185 e. The number of nitrogens with zero attached hydrogens (tertiary/aromatic N) is 2. The maximum absolute atomic E-state index is 6.97. The number of hydrogen-bond acceptors (Lipinski definition) is 3. The van der Waals surface area contributed by atoms with Crippen molar-refractivity contribution in [2.75, 3.05) is 33.2 Å². The van der Waals surface area contributed by atoms with E-state index in [1.807, 2.05) is 7.05 Å². The van der Waals surface area contributed by atoms with Crippen LogP contribution in [-0.2, 0) is 0 Å². The van der Waals surface area contributed by atoms with E-state index >= 15 is 0 Å². The van der Waals surface area contributed by atoms with Gasteiger partial charge in [0.2, 0.25) is 0 Å². The maximum Gasteiger partial charge on any atom is 0.185 e. The van der Waals surface area contributed by atoms with Crippen molar-refractivity contribution in [2.45, 2.75) is 12.8 Å². The lowest BCUT2D eigenvalue weighted by atomic mass is 10.3. The fraction of sp³-hybridized carbons (Fsp3) is 0.778. The van der Waals surface area contributed by atoms with Crippen LogP contribution in [0.1, 0.15) is 12.8 Å². The second-order valence-corrected chi connectivity index (χ2v) is 3.66. The third-order valence-electron chi connectivity index (χ3n) is 2.02. The van der Waals surface area contributed by atoms with Gasteiger partial charge >= 0.3 is 0 Å². The fourth-order valence-corrected chi connectivity index (χ4v) is 1.23. The van der Waals surface area contributed by atoms with E-state index in [2.05, 4.69) is 15.2 Å². The molecule has 16 heavy (non-hydrogen) atoms. The third-order valence-corrected chi connectivity index (χ3v) is 2.02. The fourth-order valence-electron chi connectivity index (χ4n) is 1.23. The Balaban J connectivity index is 3.34. The molecule has 0 bridgehead atoms. The summed E-state index contributed by atoms with van der Waals surface area (Å²) in [6, 6.07) is 0. The number of hydrogen-bond donors (Lipinski definition) is 5. The standard InChI is InChI=1S/C9H23N7/c1-16(6-2-4-14-8(10)11)7-3-5-15-9(12)13/h2-7H2,1H3,(H4,10,11,14)(H4,12,13,15). The monoisotopic (exact) mass is 229 g/mol. The van der Waals surface area contributed by atoms with E-state index in [1.165, 1.54) is 0 Å². The second-order valence-electron chi connectivity index (χ2n) is 3.66. The van der Waals surface area contributed by atoms with Crippen LogP contribution in [0.3, 0.4) is 0 Å². The highest BCUT2D eigenvalue weighted by Crippen LogP contribution is 1.90. The van der Waals surface area contributed by atoms with Crippen molar-refractivity contribution < 1.29 is 0 Å². The molecule has 0 aliphatic rings. The Morgan fingerprint density at radius 2 is 1.88 bits per heavy atom. The second kappa shape index (κ2) is 8.78. The van der Waals surface area contributed by atoms with Crippen molar-refractivity contribution in [3.05, 3.63) is 0 Å². The van der Waals surface area contributed by atoms with Crippen molar-refractivity contribution in [2.24, 2.45) is 22.2 Å². The van der Waals surface area contributed by atoms with Crippen LogP contribution in [0.25, 0.3) is 0 Å². The molecule has 0 fully saturated rings. The summed E-state index contributed by atoms with van der Waals surface area (Å²) < 4.78 is 0. The quantitative estimate of drug-likeness (QED) is 0.195. The SMILES string of the molecule is CN(CCCN=C(N)N)CCCNC(=N)N. The predicted molar refractivity (Wildman–Crippen MR) is 67.3 cm³/mol. The largest absolute Gasteiger partial charge is 0.370 e. The highest BCUT2D eigenvalue weighted by molar-refractivity contribution is 5.75. The molecule has 7 nitrogen and oxygen atoms in total. The molecule has 8 N–H and O–H groups in total. The van der Waals surface area contributed by atoms with Crippen molar-refractivity contribution in [1.82, 2.24) is 10.2 Å². The zero-order valence-electron chi connectivity index (χ0n) is 9.87. The highest BCUT2D eigenvalue weighted by atomic mass is 15.1. The normalized spacial score (nSPS) is 10.1. The van der Waals surface area contributed by atoms with Crippen LogP contribution >= 0.6 is 0 Å². The molecule has 94 valence electrons.